The van der Waals surface area contributed by atoms with Crippen LogP contribution in [0.25, 0.3) is 0 Å². The molecular weight excluding hydrogens is 300 g/mol. The summed E-state index contributed by atoms with van der Waals surface area (Å²) in [4.78, 5) is 1.03. The molecule has 0 aliphatic carbocycles. The van der Waals surface area contributed by atoms with Crippen LogP contribution in [0.5, 0.6) is 5.75 Å². The second kappa shape index (κ2) is 12.8. The van der Waals surface area contributed by atoms with Gasteiger partial charge >= 0.3 is 0 Å². The molecule has 0 heterocycles. The van der Waals surface area contributed by atoms with Gasteiger partial charge < -0.3 is 5.11 Å². The van der Waals surface area contributed by atoms with E-state index in [-0.39, 0.29) is 0 Å². The molecule has 0 aromatic heterocycles. The van der Waals surface area contributed by atoms with E-state index in [0.29, 0.717) is 5.75 Å². The molecule has 2 heteroatoms. The van der Waals surface area contributed by atoms with Crippen molar-refractivity contribution < 1.29 is 5.11 Å². The molecule has 1 N–H and O–H groups in total. The summed E-state index contributed by atoms with van der Waals surface area (Å²) in [5.74, 6) is 0.460. The van der Waals surface area contributed by atoms with E-state index in [1.54, 1.807) is 6.07 Å². The van der Waals surface area contributed by atoms with Crippen molar-refractivity contribution in [3.05, 3.63) is 23.3 Å². The van der Waals surface area contributed by atoms with E-state index in [0.717, 1.165) is 29.7 Å². The first kappa shape index (κ1) is 20.4. The Hall–Kier alpha value is -0.630. The predicted molar refractivity (Wildman–Crippen MR) is 105 cm³/mol. The number of phenolic OH excluding ortho intramolecular Hbond substituents is 1. The fourth-order valence-corrected chi connectivity index (χ4v) is 3.59. The van der Waals surface area contributed by atoms with Crippen molar-refractivity contribution >= 4 is 12.6 Å². The summed E-state index contributed by atoms with van der Waals surface area (Å²) >= 11 is 4.56. The number of phenols is 1. The highest BCUT2D eigenvalue weighted by molar-refractivity contribution is 7.80. The van der Waals surface area contributed by atoms with Crippen molar-refractivity contribution in [1.29, 1.82) is 0 Å². The number of hydrogen-bond acceptors (Lipinski definition) is 2. The number of hydrogen-bond donors (Lipinski definition) is 2. The molecule has 0 spiro atoms. The van der Waals surface area contributed by atoms with Crippen LogP contribution in [0.3, 0.4) is 0 Å². The zero-order valence-corrected chi connectivity index (χ0v) is 16.1. The van der Waals surface area contributed by atoms with Crippen LogP contribution in [0.2, 0.25) is 0 Å². The Morgan fingerprint density at radius 1 is 0.696 bits per heavy atom. The summed E-state index contributed by atoms with van der Waals surface area (Å²) in [6, 6.07) is 3.72. The van der Waals surface area contributed by atoms with Crippen LogP contribution in [0.1, 0.15) is 95.6 Å². The normalized spacial score (nSPS) is 11.1. The standard InChI is InChI=1S/C21H36OS/c1-3-5-6-7-8-9-10-11-12-13-15-18-19(14-4-2)21(23)17-16-20(18)22/h16-17,22-23H,3-15H2,1-2H3. The Bertz CT molecular complexity index is 428. The van der Waals surface area contributed by atoms with E-state index < -0.39 is 0 Å². The molecule has 0 amide bonds. The van der Waals surface area contributed by atoms with Crippen LogP contribution >= 0.6 is 12.6 Å². The van der Waals surface area contributed by atoms with Crippen molar-refractivity contribution in [3.63, 3.8) is 0 Å². The average molecular weight is 337 g/mol. The van der Waals surface area contributed by atoms with Gasteiger partial charge in [0.15, 0.2) is 0 Å². The molecule has 1 aromatic carbocycles. The topological polar surface area (TPSA) is 20.2 Å². The van der Waals surface area contributed by atoms with Gasteiger partial charge in [-0.1, -0.05) is 78.1 Å². The minimum absolute atomic E-state index is 0.460. The zero-order valence-electron chi connectivity index (χ0n) is 15.2. The average Bonchev–Trinajstić information content (AvgIpc) is 2.55. The quantitative estimate of drug-likeness (QED) is 0.291. The van der Waals surface area contributed by atoms with Crippen LogP contribution < -0.4 is 0 Å². The van der Waals surface area contributed by atoms with E-state index in [1.165, 1.54) is 69.8 Å². The smallest absolute Gasteiger partial charge is 0.119 e. The van der Waals surface area contributed by atoms with Crippen molar-refractivity contribution in [2.24, 2.45) is 0 Å². The van der Waals surface area contributed by atoms with Gasteiger partial charge in [-0.2, -0.15) is 0 Å². The van der Waals surface area contributed by atoms with Crippen molar-refractivity contribution in [2.75, 3.05) is 0 Å². The van der Waals surface area contributed by atoms with E-state index in [9.17, 15) is 5.11 Å². The lowest BCUT2D eigenvalue weighted by Crippen LogP contribution is -1.97. The fourth-order valence-electron chi connectivity index (χ4n) is 3.27. The zero-order chi connectivity index (χ0) is 16.9. The lowest BCUT2D eigenvalue weighted by atomic mass is 9.96. The summed E-state index contributed by atoms with van der Waals surface area (Å²) in [6.45, 7) is 4.45. The highest BCUT2D eigenvalue weighted by Crippen LogP contribution is 2.29. The molecule has 0 atom stereocenters. The Labute approximate surface area is 149 Å². The van der Waals surface area contributed by atoms with Crippen LogP contribution in [-0.4, -0.2) is 5.11 Å². The SMILES string of the molecule is CCCCCCCCCCCCc1c(O)ccc(S)c1CCC. The summed E-state index contributed by atoms with van der Waals surface area (Å²) < 4.78 is 0. The monoisotopic (exact) mass is 336 g/mol. The molecule has 0 radical (unpaired) electrons. The molecule has 0 aliphatic rings. The van der Waals surface area contributed by atoms with Gasteiger partial charge in [0.25, 0.3) is 0 Å². The molecule has 23 heavy (non-hydrogen) atoms. The number of rotatable bonds is 13. The van der Waals surface area contributed by atoms with E-state index in [2.05, 4.69) is 26.5 Å². The molecule has 132 valence electrons. The Kier molecular flexibility index (Phi) is 11.3. The van der Waals surface area contributed by atoms with Gasteiger partial charge in [-0.05, 0) is 42.5 Å². The molecule has 0 saturated carbocycles. The predicted octanol–water partition coefficient (Wildman–Crippen LogP) is 7.10. The van der Waals surface area contributed by atoms with Crippen molar-refractivity contribution in [3.8, 4) is 5.75 Å². The highest BCUT2D eigenvalue weighted by atomic mass is 32.1. The van der Waals surface area contributed by atoms with Crippen LogP contribution in [0, 0.1) is 0 Å². The third-order valence-corrected chi connectivity index (χ3v) is 5.08. The highest BCUT2D eigenvalue weighted by Gasteiger charge is 2.10. The van der Waals surface area contributed by atoms with Crippen molar-refractivity contribution in [2.45, 2.75) is 102 Å². The van der Waals surface area contributed by atoms with Gasteiger partial charge in [0.2, 0.25) is 0 Å². The first-order chi connectivity index (χ1) is 11.2. The molecule has 0 unspecified atom stereocenters. The molecule has 0 saturated heterocycles. The molecule has 0 aliphatic heterocycles. The first-order valence-electron chi connectivity index (χ1n) is 9.73. The lowest BCUT2D eigenvalue weighted by Gasteiger charge is -2.13. The first-order valence-corrected chi connectivity index (χ1v) is 10.2. The van der Waals surface area contributed by atoms with E-state index in [4.69, 9.17) is 0 Å². The van der Waals surface area contributed by atoms with Crippen LogP contribution in [0.4, 0.5) is 0 Å². The number of thiol groups is 1. The molecule has 0 fully saturated rings. The molecule has 0 bridgehead atoms. The van der Waals surface area contributed by atoms with Crippen LogP contribution in [-0.2, 0) is 12.8 Å². The van der Waals surface area contributed by atoms with E-state index >= 15 is 0 Å². The molecule has 1 nitrogen and oxygen atoms in total. The van der Waals surface area contributed by atoms with Gasteiger partial charge in [0.1, 0.15) is 5.75 Å². The van der Waals surface area contributed by atoms with Gasteiger partial charge in [-0.25, -0.2) is 0 Å². The Morgan fingerprint density at radius 3 is 1.83 bits per heavy atom. The third-order valence-electron chi connectivity index (χ3n) is 4.66. The van der Waals surface area contributed by atoms with Gasteiger partial charge in [0.05, 0.1) is 0 Å². The van der Waals surface area contributed by atoms with E-state index in [1.807, 2.05) is 6.07 Å². The van der Waals surface area contributed by atoms with Crippen molar-refractivity contribution in [1.82, 2.24) is 0 Å². The minimum atomic E-state index is 0.460. The molecular formula is C21H36OS. The van der Waals surface area contributed by atoms with Crippen LogP contribution in [0.15, 0.2) is 17.0 Å². The fraction of sp³-hybridized carbons (Fsp3) is 0.714. The molecule has 1 aromatic rings. The number of benzene rings is 1. The summed E-state index contributed by atoms with van der Waals surface area (Å²) in [6.07, 6.45) is 16.6. The second-order valence-electron chi connectivity index (χ2n) is 6.74. The van der Waals surface area contributed by atoms with Gasteiger partial charge in [-0.15, -0.1) is 12.6 Å². The summed E-state index contributed by atoms with van der Waals surface area (Å²) in [5.41, 5.74) is 2.39. The maximum Gasteiger partial charge on any atom is 0.119 e. The number of aromatic hydroxyl groups is 1. The number of unbranched alkanes of at least 4 members (excludes halogenated alkanes) is 9. The molecule has 1 rings (SSSR count). The largest absolute Gasteiger partial charge is 0.508 e. The Morgan fingerprint density at radius 2 is 1.26 bits per heavy atom. The van der Waals surface area contributed by atoms with Gasteiger partial charge in [0, 0.05) is 4.90 Å². The summed E-state index contributed by atoms with van der Waals surface area (Å²) in [7, 11) is 0. The maximum atomic E-state index is 10.2. The summed E-state index contributed by atoms with van der Waals surface area (Å²) in [5, 5.41) is 10.2. The third kappa shape index (κ3) is 8.15. The lowest BCUT2D eigenvalue weighted by molar-refractivity contribution is 0.463. The van der Waals surface area contributed by atoms with Gasteiger partial charge in [-0.3, -0.25) is 0 Å². The maximum absolute atomic E-state index is 10.2. The minimum Gasteiger partial charge on any atom is -0.508 e. The Balaban J connectivity index is 2.22. The second-order valence-corrected chi connectivity index (χ2v) is 7.22.